The standard InChI is InChI=1S/C19H21N3O5S/c1-26-14-5-4-6-15(13-14)27-12-11-20-18(23)9-10-21-19-16-7-2-3-8-17(16)28(24,25)22-19/h2-8,13H,9-12H2,1H3,(H,20,23)(H,21,22). The second kappa shape index (κ2) is 8.75. The summed E-state index contributed by atoms with van der Waals surface area (Å²) in [5.41, 5.74) is 0.523. The summed E-state index contributed by atoms with van der Waals surface area (Å²) in [5.74, 6) is 1.44. The first-order valence-electron chi connectivity index (χ1n) is 8.70. The van der Waals surface area contributed by atoms with Crippen LogP contribution in [0.5, 0.6) is 11.5 Å². The number of fused-ring (bicyclic) bond motifs is 1. The zero-order valence-corrected chi connectivity index (χ0v) is 16.2. The summed E-state index contributed by atoms with van der Waals surface area (Å²) in [4.78, 5) is 16.3. The molecule has 1 aliphatic rings. The third-order valence-corrected chi connectivity index (χ3v) is 5.40. The SMILES string of the molecule is COc1cccc(OCCNC(=O)CCN=C2NS(=O)(=O)c3ccccc32)c1. The second-order valence-corrected chi connectivity index (χ2v) is 7.61. The van der Waals surface area contributed by atoms with Gasteiger partial charge in [-0.15, -0.1) is 0 Å². The van der Waals surface area contributed by atoms with Crippen molar-refractivity contribution in [1.82, 2.24) is 10.0 Å². The first-order valence-corrected chi connectivity index (χ1v) is 10.2. The molecule has 0 saturated heterocycles. The number of benzene rings is 2. The van der Waals surface area contributed by atoms with Crippen LogP contribution in [0.25, 0.3) is 0 Å². The minimum Gasteiger partial charge on any atom is -0.497 e. The lowest BCUT2D eigenvalue weighted by atomic mass is 10.2. The number of aliphatic imine (C=N–C) groups is 1. The highest BCUT2D eigenvalue weighted by Gasteiger charge is 2.29. The second-order valence-electron chi connectivity index (χ2n) is 5.96. The van der Waals surface area contributed by atoms with Crippen LogP contribution in [0.2, 0.25) is 0 Å². The number of sulfonamides is 1. The predicted octanol–water partition coefficient (Wildman–Crippen LogP) is 1.32. The van der Waals surface area contributed by atoms with E-state index in [1.165, 1.54) is 6.07 Å². The number of rotatable bonds is 8. The maximum Gasteiger partial charge on any atom is 0.263 e. The average Bonchev–Trinajstić information content (AvgIpc) is 2.96. The molecule has 0 bridgehead atoms. The maximum absolute atomic E-state index is 12.0. The first-order chi connectivity index (χ1) is 13.5. The Morgan fingerprint density at radius 1 is 1.14 bits per heavy atom. The van der Waals surface area contributed by atoms with Gasteiger partial charge in [0, 0.05) is 18.1 Å². The monoisotopic (exact) mass is 403 g/mol. The fraction of sp³-hybridized carbons (Fsp3) is 0.263. The molecule has 9 heteroatoms. The lowest BCUT2D eigenvalue weighted by molar-refractivity contribution is -0.120. The van der Waals surface area contributed by atoms with Crippen molar-refractivity contribution in [1.29, 1.82) is 0 Å². The van der Waals surface area contributed by atoms with E-state index in [0.717, 1.165) is 0 Å². The molecule has 0 atom stereocenters. The molecule has 0 aromatic heterocycles. The summed E-state index contributed by atoms with van der Waals surface area (Å²) in [7, 11) is -1.98. The molecule has 28 heavy (non-hydrogen) atoms. The fourth-order valence-corrected chi connectivity index (χ4v) is 3.91. The number of amides is 1. The van der Waals surface area contributed by atoms with Crippen LogP contribution in [-0.2, 0) is 14.8 Å². The molecule has 1 heterocycles. The van der Waals surface area contributed by atoms with Gasteiger partial charge in [-0.3, -0.25) is 14.5 Å². The Hall–Kier alpha value is -3.07. The van der Waals surface area contributed by atoms with E-state index < -0.39 is 10.0 Å². The molecule has 2 aromatic carbocycles. The lowest BCUT2D eigenvalue weighted by Gasteiger charge is -2.08. The minimum absolute atomic E-state index is 0.145. The smallest absolute Gasteiger partial charge is 0.263 e. The van der Waals surface area contributed by atoms with E-state index in [0.29, 0.717) is 30.2 Å². The van der Waals surface area contributed by atoms with Crippen LogP contribution >= 0.6 is 0 Å². The van der Waals surface area contributed by atoms with E-state index in [1.54, 1.807) is 37.4 Å². The van der Waals surface area contributed by atoms with Gasteiger partial charge < -0.3 is 14.8 Å². The Bertz CT molecular complexity index is 989. The molecule has 0 unspecified atom stereocenters. The minimum atomic E-state index is -3.56. The molecule has 3 rings (SSSR count). The number of nitrogens with one attached hydrogen (secondary N) is 2. The molecule has 0 saturated carbocycles. The zero-order valence-electron chi connectivity index (χ0n) is 15.3. The van der Waals surface area contributed by atoms with Gasteiger partial charge in [-0.1, -0.05) is 18.2 Å². The highest BCUT2D eigenvalue weighted by atomic mass is 32.2. The predicted molar refractivity (Wildman–Crippen MR) is 104 cm³/mol. The zero-order chi connectivity index (χ0) is 20.0. The van der Waals surface area contributed by atoms with Crippen LogP contribution in [0.4, 0.5) is 0 Å². The Morgan fingerprint density at radius 2 is 1.93 bits per heavy atom. The van der Waals surface area contributed by atoms with E-state index in [1.807, 2.05) is 12.1 Å². The normalized spacial score (nSPS) is 15.5. The van der Waals surface area contributed by atoms with Crippen molar-refractivity contribution in [2.24, 2.45) is 4.99 Å². The van der Waals surface area contributed by atoms with E-state index in [2.05, 4.69) is 15.0 Å². The molecule has 0 radical (unpaired) electrons. The molecular weight excluding hydrogens is 382 g/mol. The molecule has 148 valence electrons. The summed E-state index contributed by atoms with van der Waals surface area (Å²) >= 11 is 0. The highest BCUT2D eigenvalue weighted by Crippen LogP contribution is 2.22. The Labute approximate surface area is 163 Å². The van der Waals surface area contributed by atoms with Gasteiger partial charge in [-0.2, -0.15) is 0 Å². The van der Waals surface area contributed by atoms with Crippen molar-refractivity contribution < 1.29 is 22.7 Å². The maximum atomic E-state index is 12.0. The molecule has 2 aromatic rings. The number of hydrogen-bond acceptors (Lipinski definition) is 6. The van der Waals surface area contributed by atoms with Gasteiger partial charge in [0.25, 0.3) is 10.0 Å². The number of carbonyl (C=O) groups is 1. The van der Waals surface area contributed by atoms with Gasteiger partial charge in [-0.25, -0.2) is 8.42 Å². The van der Waals surface area contributed by atoms with Crippen molar-refractivity contribution in [2.75, 3.05) is 26.8 Å². The van der Waals surface area contributed by atoms with Crippen LogP contribution in [0.15, 0.2) is 58.4 Å². The molecular formula is C19H21N3O5S. The average molecular weight is 403 g/mol. The van der Waals surface area contributed by atoms with E-state index in [4.69, 9.17) is 9.47 Å². The number of amidine groups is 1. The van der Waals surface area contributed by atoms with E-state index in [9.17, 15) is 13.2 Å². The van der Waals surface area contributed by atoms with E-state index in [-0.39, 0.29) is 29.6 Å². The molecule has 8 nitrogen and oxygen atoms in total. The Balaban J connectivity index is 1.42. The number of carbonyl (C=O) groups excluding carboxylic acids is 1. The van der Waals surface area contributed by atoms with Crippen LogP contribution in [0.1, 0.15) is 12.0 Å². The number of ether oxygens (including phenoxy) is 2. The number of hydrogen-bond donors (Lipinski definition) is 2. The van der Waals surface area contributed by atoms with Crippen molar-refractivity contribution in [3.05, 3.63) is 54.1 Å². The number of nitrogens with zero attached hydrogens (tertiary/aromatic N) is 1. The van der Waals surface area contributed by atoms with Crippen molar-refractivity contribution >= 4 is 21.8 Å². The van der Waals surface area contributed by atoms with Gasteiger partial charge in [0.05, 0.1) is 25.1 Å². The van der Waals surface area contributed by atoms with Gasteiger partial charge in [0.2, 0.25) is 5.91 Å². The summed E-state index contributed by atoms with van der Waals surface area (Å²) in [6, 6.07) is 13.8. The van der Waals surface area contributed by atoms with Gasteiger partial charge >= 0.3 is 0 Å². The first kappa shape index (κ1) is 19.7. The molecule has 0 fully saturated rings. The summed E-state index contributed by atoms with van der Waals surface area (Å²) in [5, 5.41) is 2.74. The molecule has 1 aliphatic heterocycles. The van der Waals surface area contributed by atoms with Crippen LogP contribution in [0, 0.1) is 0 Å². The molecule has 0 aliphatic carbocycles. The third kappa shape index (κ3) is 4.80. The van der Waals surface area contributed by atoms with Crippen molar-refractivity contribution in [3.63, 3.8) is 0 Å². The molecule has 1 amide bonds. The highest BCUT2D eigenvalue weighted by molar-refractivity contribution is 7.90. The van der Waals surface area contributed by atoms with E-state index >= 15 is 0 Å². The molecule has 2 N–H and O–H groups in total. The van der Waals surface area contributed by atoms with Gasteiger partial charge in [-0.05, 0) is 24.3 Å². The summed E-state index contributed by atoms with van der Waals surface area (Å²) in [6.07, 6.45) is 0.145. The fourth-order valence-electron chi connectivity index (χ4n) is 2.66. The van der Waals surface area contributed by atoms with Crippen LogP contribution in [-0.4, -0.2) is 47.0 Å². The van der Waals surface area contributed by atoms with Crippen molar-refractivity contribution in [2.45, 2.75) is 11.3 Å². The molecule has 0 spiro atoms. The lowest BCUT2D eigenvalue weighted by Crippen LogP contribution is -2.29. The van der Waals surface area contributed by atoms with Crippen LogP contribution < -0.4 is 19.5 Å². The topological polar surface area (TPSA) is 106 Å². The largest absolute Gasteiger partial charge is 0.497 e. The van der Waals surface area contributed by atoms with Crippen molar-refractivity contribution in [3.8, 4) is 11.5 Å². The van der Waals surface area contributed by atoms with Crippen LogP contribution in [0.3, 0.4) is 0 Å². The Morgan fingerprint density at radius 3 is 2.75 bits per heavy atom. The van der Waals surface area contributed by atoms with Gasteiger partial charge in [0.1, 0.15) is 23.9 Å². The van der Waals surface area contributed by atoms with Gasteiger partial charge in [0.15, 0.2) is 0 Å². The quantitative estimate of drug-likeness (QED) is 0.647. The summed E-state index contributed by atoms with van der Waals surface area (Å²) in [6.45, 7) is 0.845. The Kier molecular flexibility index (Phi) is 6.15. The summed E-state index contributed by atoms with van der Waals surface area (Å²) < 4.78 is 37.1. The third-order valence-electron chi connectivity index (χ3n) is 4.01. The number of methoxy groups -OCH3 is 1.